The number of nitrogens with zero attached hydrogens (tertiary/aromatic N) is 1. The molecular formula is C10H8F4N2O. The van der Waals surface area contributed by atoms with Crippen LogP contribution in [0.2, 0.25) is 0 Å². The molecule has 0 saturated heterocycles. The second kappa shape index (κ2) is 4.91. The monoisotopic (exact) mass is 248 g/mol. The zero-order valence-corrected chi connectivity index (χ0v) is 8.46. The number of nitrogen functional groups attached to an aromatic ring is 1. The summed E-state index contributed by atoms with van der Waals surface area (Å²) in [5, 5.41) is 8.52. The normalized spacial score (nSPS) is 11.3. The number of alkyl halides is 4. The van der Waals surface area contributed by atoms with Crippen molar-refractivity contribution >= 4 is 5.69 Å². The molecule has 0 amide bonds. The van der Waals surface area contributed by atoms with Crippen LogP contribution in [0.15, 0.2) is 18.2 Å². The molecule has 2 N–H and O–H groups in total. The van der Waals surface area contributed by atoms with Crippen molar-refractivity contribution in [1.82, 2.24) is 0 Å². The van der Waals surface area contributed by atoms with Crippen LogP contribution < -0.4 is 10.5 Å². The molecular weight excluding hydrogens is 240 g/mol. The number of anilines is 1. The molecule has 0 saturated carbocycles. The smallest absolute Gasteiger partial charge is 0.340 e. The molecule has 0 spiro atoms. The first-order chi connectivity index (χ1) is 7.86. The third kappa shape index (κ3) is 3.24. The molecule has 1 aromatic rings. The number of ether oxygens (including phenoxy) is 1. The van der Waals surface area contributed by atoms with E-state index in [0.29, 0.717) is 0 Å². The number of nitrogens with two attached hydrogens (primary N) is 1. The molecule has 0 fully saturated rings. The minimum Gasteiger partial charge on any atom is -0.485 e. The molecule has 0 unspecified atom stereocenters. The van der Waals surface area contributed by atoms with E-state index in [2.05, 4.69) is 4.74 Å². The molecule has 0 aliphatic heterocycles. The van der Waals surface area contributed by atoms with E-state index in [4.69, 9.17) is 11.0 Å². The molecule has 3 nitrogen and oxygen atoms in total. The van der Waals surface area contributed by atoms with E-state index in [0.717, 1.165) is 0 Å². The van der Waals surface area contributed by atoms with E-state index in [1.165, 1.54) is 18.2 Å². The summed E-state index contributed by atoms with van der Waals surface area (Å²) >= 11 is 0. The van der Waals surface area contributed by atoms with Crippen LogP contribution in [-0.4, -0.2) is 19.0 Å². The first-order valence-electron chi connectivity index (χ1n) is 4.45. The Kier molecular flexibility index (Phi) is 3.78. The summed E-state index contributed by atoms with van der Waals surface area (Å²) in [7, 11) is 0. The third-order valence-electron chi connectivity index (χ3n) is 1.88. The Bertz CT molecular complexity index is 442. The van der Waals surface area contributed by atoms with E-state index in [-0.39, 0.29) is 17.0 Å². The second-order valence-corrected chi connectivity index (χ2v) is 3.21. The van der Waals surface area contributed by atoms with Crippen LogP contribution in [0.5, 0.6) is 5.75 Å². The second-order valence-electron chi connectivity index (χ2n) is 3.21. The Hall–Kier alpha value is -1.97. The standard InChI is InChI=1S/C10H8F4N2O/c11-9(12)10(13,14)5-17-8-2-1-6(4-15)3-7(8)16/h1-3,9H,5,16H2. The largest absolute Gasteiger partial charge is 0.485 e. The van der Waals surface area contributed by atoms with Gasteiger partial charge in [-0.3, -0.25) is 0 Å². The first kappa shape index (κ1) is 13.1. The molecule has 0 atom stereocenters. The average Bonchev–Trinajstić information content (AvgIpc) is 2.27. The lowest BCUT2D eigenvalue weighted by Crippen LogP contribution is -2.33. The summed E-state index contributed by atoms with van der Waals surface area (Å²) in [6.45, 7) is -1.47. The molecule has 0 bridgehead atoms. The van der Waals surface area contributed by atoms with E-state index < -0.39 is 19.0 Å². The Labute approximate surface area is 94.4 Å². The minimum atomic E-state index is -4.24. The fourth-order valence-electron chi connectivity index (χ4n) is 0.986. The van der Waals surface area contributed by atoms with Crippen molar-refractivity contribution in [2.75, 3.05) is 12.3 Å². The van der Waals surface area contributed by atoms with Gasteiger partial charge in [0.05, 0.1) is 17.3 Å². The van der Waals surface area contributed by atoms with Crippen LogP contribution in [-0.2, 0) is 0 Å². The van der Waals surface area contributed by atoms with Crippen molar-refractivity contribution in [3.63, 3.8) is 0 Å². The van der Waals surface area contributed by atoms with Crippen LogP contribution >= 0.6 is 0 Å². The minimum absolute atomic E-state index is 0.0610. The zero-order chi connectivity index (χ0) is 13.1. The number of rotatable bonds is 4. The lowest BCUT2D eigenvalue weighted by molar-refractivity contribution is -0.148. The van der Waals surface area contributed by atoms with Gasteiger partial charge in [0.1, 0.15) is 5.75 Å². The van der Waals surface area contributed by atoms with Crippen molar-refractivity contribution in [1.29, 1.82) is 5.26 Å². The Balaban J connectivity index is 2.74. The highest BCUT2D eigenvalue weighted by atomic mass is 19.3. The van der Waals surface area contributed by atoms with Crippen LogP contribution in [0, 0.1) is 11.3 Å². The molecule has 1 aromatic carbocycles. The predicted octanol–water partition coefficient (Wildman–Crippen LogP) is 2.42. The quantitative estimate of drug-likeness (QED) is 0.657. The number of hydrogen-bond acceptors (Lipinski definition) is 3. The maximum Gasteiger partial charge on any atom is 0.340 e. The molecule has 1 rings (SSSR count). The van der Waals surface area contributed by atoms with Gasteiger partial charge >= 0.3 is 12.3 Å². The summed E-state index contributed by atoms with van der Waals surface area (Å²) in [6.07, 6.45) is -3.80. The highest BCUT2D eigenvalue weighted by Crippen LogP contribution is 2.27. The van der Waals surface area contributed by atoms with Crippen molar-refractivity contribution in [3.05, 3.63) is 23.8 Å². The van der Waals surface area contributed by atoms with Gasteiger partial charge in [-0.1, -0.05) is 0 Å². The Morgan fingerprint density at radius 2 is 2.06 bits per heavy atom. The van der Waals surface area contributed by atoms with Gasteiger partial charge in [0.2, 0.25) is 0 Å². The molecule has 0 aromatic heterocycles. The lowest BCUT2D eigenvalue weighted by Gasteiger charge is -2.16. The van der Waals surface area contributed by atoms with E-state index in [1.807, 2.05) is 0 Å². The van der Waals surface area contributed by atoms with Crippen molar-refractivity contribution in [2.45, 2.75) is 12.3 Å². The highest BCUT2D eigenvalue weighted by Gasteiger charge is 2.41. The van der Waals surface area contributed by atoms with Gasteiger partial charge in [0.25, 0.3) is 0 Å². The molecule has 7 heteroatoms. The van der Waals surface area contributed by atoms with Gasteiger partial charge in [-0.15, -0.1) is 0 Å². The zero-order valence-electron chi connectivity index (χ0n) is 8.46. The van der Waals surface area contributed by atoms with Crippen LogP contribution in [0.1, 0.15) is 5.56 Å². The summed E-state index contributed by atoms with van der Waals surface area (Å²) < 4.78 is 53.2. The Morgan fingerprint density at radius 3 is 2.53 bits per heavy atom. The van der Waals surface area contributed by atoms with Gasteiger partial charge in [0.15, 0.2) is 6.61 Å². The van der Waals surface area contributed by atoms with Gasteiger partial charge in [-0.2, -0.15) is 14.0 Å². The summed E-state index contributed by atoms with van der Waals surface area (Å²) in [5.41, 5.74) is 5.55. The van der Waals surface area contributed by atoms with Gasteiger partial charge in [0, 0.05) is 0 Å². The summed E-state index contributed by atoms with van der Waals surface area (Å²) in [4.78, 5) is 0. The van der Waals surface area contributed by atoms with Gasteiger partial charge in [-0.25, -0.2) is 8.78 Å². The number of halogens is 4. The molecule has 17 heavy (non-hydrogen) atoms. The molecule has 0 radical (unpaired) electrons. The number of nitriles is 1. The fourth-order valence-corrected chi connectivity index (χ4v) is 0.986. The number of hydrogen-bond donors (Lipinski definition) is 1. The lowest BCUT2D eigenvalue weighted by atomic mass is 10.2. The highest BCUT2D eigenvalue weighted by molar-refractivity contribution is 5.56. The molecule has 0 heterocycles. The average molecular weight is 248 g/mol. The maximum absolute atomic E-state index is 12.5. The first-order valence-corrected chi connectivity index (χ1v) is 4.45. The van der Waals surface area contributed by atoms with E-state index in [9.17, 15) is 17.6 Å². The Morgan fingerprint density at radius 1 is 1.41 bits per heavy atom. The van der Waals surface area contributed by atoms with Gasteiger partial charge in [-0.05, 0) is 18.2 Å². The van der Waals surface area contributed by atoms with Crippen LogP contribution in [0.3, 0.4) is 0 Å². The maximum atomic E-state index is 12.5. The molecule has 0 aliphatic carbocycles. The third-order valence-corrected chi connectivity index (χ3v) is 1.88. The van der Waals surface area contributed by atoms with Crippen molar-refractivity contribution in [3.8, 4) is 11.8 Å². The van der Waals surface area contributed by atoms with Crippen LogP contribution in [0.25, 0.3) is 0 Å². The van der Waals surface area contributed by atoms with Crippen molar-refractivity contribution in [2.24, 2.45) is 0 Å². The topological polar surface area (TPSA) is 59.0 Å². The molecule has 0 aliphatic rings. The predicted molar refractivity (Wildman–Crippen MR) is 52.0 cm³/mol. The van der Waals surface area contributed by atoms with E-state index in [1.54, 1.807) is 6.07 Å². The van der Waals surface area contributed by atoms with Crippen LogP contribution in [0.4, 0.5) is 23.2 Å². The fraction of sp³-hybridized carbons (Fsp3) is 0.300. The van der Waals surface area contributed by atoms with E-state index >= 15 is 0 Å². The van der Waals surface area contributed by atoms with Gasteiger partial charge < -0.3 is 10.5 Å². The number of benzene rings is 1. The summed E-state index contributed by atoms with van der Waals surface area (Å²) in [5.74, 6) is -4.40. The molecule has 92 valence electrons. The van der Waals surface area contributed by atoms with Crippen molar-refractivity contribution < 1.29 is 22.3 Å². The summed E-state index contributed by atoms with van der Waals surface area (Å²) in [6, 6.07) is 5.45. The SMILES string of the molecule is N#Cc1ccc(OCC(F)(F)C(F)F)c(N)c1.